The average molecular weight is 347 g/mol. The summed E-state index contributed by atoms with van der Waals surface area (Å²) in [5.74, 6) is -1.56. The van der Waals surface area contributed by atoms with Crippen LogP contribution in [-0.2, 0) is 0 Å². The number of nitrogens with zero attached hydrogens (tertiary/aromatic N) is 2. The topological polar surface area (TPSA) is 93.2 Å². The number of pyridine rings is 1. The van der Waals surface area contributed by atoms with E-state index >= 15 is 0 Å². The first-order valence-electron chi connectivity index (χ1n) is 5.61. The van der Waals surface area contributed by atoms with E-state index in [4.69, 9.17) is 34.8 Å². The molecule has 0 fully saturated rings. The van der Waals surface area contributed by atoms with Gasteiger partial charge in [-0.15, -0.1) is 0 Å². The lowest BCUT2D eigenvalue weighted by atomic mass is 10.3. The van der Waals surface area contributed by atoms with Crippen LogP contribution in [0, 0.1) is 0 Å². The molecule has 0 spiro atoms. The fourth-order valence-corrected chi connectivity index (χ4v) is 2.17. The third-order valence-electron chi connectivity index (χ3n) is 2.55. The smallest absolute Gasteiger partial charge is 0.150 e. The largest absolute Gasteiger partial charge is 0.543 e. The van der Waals surface area contributed by atoms with Crippen molar-refractivity contribution in [1.29, 1.82) is 0 Å². The zero-order chi connectivity index (χ0) is 15.6. The number of nitrogens with one attached hydrogen (secondary N) is 2. The minimum atomic E-state index is -1.56. The predicted octanol–water partition coefficient (Wildman–Crippen LogP) is 2.57. The van der Waals surface area contributed by atoms with Crippen molar-refractivity contribution in [3.05, 3.63) is 44.9 Å². The molecule has 0 amide bonds. The van der Waals surface area contributed by atoms with E-state index in [-0.39, 0.29) is 20.9 Å². The van der Waals surface area contributed by atoms with Crippen LogP contribution in [0.1, 0.15) is 23.1 Å². The molecule has 110 valence electrons. The van der Waals surface area contributed by atoms with Crippen molar-refractivity contribution in [1.82, 2.24) is 9.97 Å². The number of carbonyl (C=O) groups excluding carboxylic acids is 1. The number of hydrazone groups is 1. The van der Waals surface area contributed by atoms with Crippen LogP contribution in [0.2, 0.25) is 15.2 Å². The number of hydrogen-bond donors (Lipinski definition) is 2. The summed E-state index contributed by atoms with van der Waals surface area (Å²) in [5.41, 5.74) is 3.51. The van der Waals surface area contributed by atoms with Crippen LogP contribution >= 0.6 is 34.8 Å². The molecule has 2 N–H and O–H groups in total. The highest BCUT2D eigenvalue weighted by molar-refractivity contribution is 6.46. The van der Waals surface area contributed by atoms with Crippen molar-refractivity contribution >= 4 is 52.2 Å². The molecule has 9 heteroatoms. The SMILES string of the molecule is C/C(=N\Nc1c(Cl)c(Cl)nc(C(=O)[O-])c1Cl)c1ccc[nH]1. The first-order valence-corrected chi connectivity index (χ1v) is 6.75. The Morgan fingerprint density at radius 1 is 1.38 bits per heavy atom. The van der Waals surface area contributed by atoms with Gasteiger partial charge in [0, 0.05) is 6.20 Å². The van der Waals surface area contributed by atoms with Gasteiger partial charge in [-0.3, -0.25) is 5.43 Å². The first-order chi connectivity index (χ1) is 9.91. The molecule has 0 aliphatic carbocycles. The summed E-state index contributed by atoms with van der Waals surface area (Å²) in [4.78, 5) is 17.5. The highest BCUT2D eigenvalue weighted by Gasteiger charge is 2.17. The predicted molar refractivity (Wildman–Crippen MR) is 80.2 cm³/mol. The molecule has 2 aromatic rings. The second-order valence-electron chi connectivity index (χ2n) is 3.93. The molecule has 0 saturated carbocycles. The number of carboxylic acids is 1. The molecule has 2 aromatic heterocycles. The van der Waals surface area contributed by atoms with E-state index in [1.165, 1.54) is 0 Å². The van der Waals surface area contributed by atoms with E-state index in [0.29, 0.717) is 5.71 Å². The lowest BCUT2D eigenvalue weighted by Crippen LogP contribution is -2.24. The standard InChI is InChI=1S/C12H9Cl3N4O2/c1-5(6-3-2-4-16-6)18-19-9-7(13)10(12(20)21)17-11(15)8(9)14/h2-4,16H,1H3,(H,17,19)(H,20,21)/p-1/b18-5+. The van der Waals surface area contributed by atoms with Crippen molar-refractivity contribution in [3.63, 3.8) is 0 Å². The van der Waals surface area contributed by atoms with Crippen molar-refractivity contribution in [3.8, 4) is 0 Å². The molecule has 0 radical (unpaired) electrons. The molecule has 2 heterocycles. The normalized spacial score (nSPS) is 11.5. The molecule has 21 heavy (non-hydrogen) atoms. The van der Waals surface area contributed by atoms with Gasteiger partial charge in [-0.2, -0.15) is 5.10 Å². The lowest BCUT2D eigenvalue weighted by Gasteiger charge is -2.12. The van der Waals surface area contributed by atoms with Crippen molar-refractivity contribution in [2.75, 3.05) is 5.43 Å². The fourth-order valence-electron chi connectivity index (χ4n) is 1.50. The zero-order valence-electron chi connectivity index (χ0n) is 10.6. The molecular weight excluding hydrogens is 339 g/mol. The van der Waals surface area contributed by atoms with Crippen molar-refractivity contribution in [2.45, 2.75) is 6.92 Å². The van der Waals surface area contributed by atoms with Crippen LogP contribution in [0.5, 0.6) is 0 Å². The van der Waals surface area contributed by atoms with Crippen molar-refractivity contribution in [2.24, 2.45) is 5.10 Å². The number of carboxylic acid groups (broad SMARTS) is 1. The molecule has 0 atom stereocenters. The first kappa shape index (κ1) is 15.6. The molecule has 0 saturated heterocycles. The van der Waals surface area contributed by atoms with E-state index in [0.717, 1.165) is 5.69 Å². The second-order valence-corrected chi connectivity index (χ2v) is 5.05. The van der Waals surface area contributed by atoms with Crippen molar-refractivity contribution < 1.29 is 9.90 Å². The Labute approximate surface area is 134 Å². The van der Waals surface area contributed by atoms with Crippen LogP contribution in [-0.4, -0.2) is 21.6 Å². The van der Waals surface area contributed by atoms with Gasteiger partial charge < -0.3 is 14.9 Å². The van der Waals surface area contributed by atoms with E-state index in [1.807, 2.05) is 12.1 Å². The minimum Gasteiger partial charge on any atom is -0.543 e. The number of anilines is 1. The quantitative estimate of drug-likeness (QED) is 0.505. The van der Waals surface area contributed by atoms with Crippen LogP contribution in [0.25, 0.3) is 0 Å². The number of rotatable bonds is 4. The van der Waals surface area contributed by atoms with Gasteiger partial charge in [0.05, 0.1) is 28.1 Å². The zero-order valence-corrected chi connectivity index (χ0v) is 12.8. The van der Waals surface area contributed by atoms with Crippen LogP contribution in [0.3, 0.4) is 0 Å². The monoisotopic (exact) mass is 345 g/mol. The van der Waals surface area contributed by atoms with E-state index < -0.39 is 11.7 Å². The van der Waals surface area contributed by atoms with Gasteiger partial charge in [-0.05, 0) is 19.1 Å². The summed E-state index contributed by atoms with van der Waals surface area (Å²) in [6.45, 7) is 1.74. The van der Waals surface area contributed by atoms with Gasteiger partial charge in [0.1, 0.15) is 10.7 Å². The Bertz CT molecular complexity index is 714. The summed E-state index contributed by atoms with van der Waals surface area (Å²) in [6, 6.07) is 3.63. The maximum atomic E-state index is 10.9. The average Bonchev–Trinajstić information content (AvgIpc) is 2.96. The lowest BCUT2D eigenvalue weighted by molar-refractivity contribution is -0.255. The molecular formula is C12H8Cl3N4O2-. The Hall–Kier alpha value is -1.76. The number of carbonyl (C=O) groups is 1. The fraction of sp³-hybridized carbons (Fsp3) is 0.0833. The highest BCUT2D eigenvalue weighted by Crippen LogP contribution is 2.36. The van der Waals surface area contributed by atoms with Gasteiger partial charge >= 0.3 is 0 Å². The summed E-state index contributed by atoms with van der Waals surface area (Å²) in [7, 11) is 0. The van der Waals surface area contributed by atoms with E-state index in [9.17, 15) is 9.90 Å². The Balaban J connectivity index is 2.40. The van der Waals surface area contributed by atoms with Crippen LogP contribution in [0.4, 0.5) is 5.69 Å². The van der Waals surface area contributed by atoms with Gasteiger partial charge in [0.2, 0.25) is 0 Å². The number of hydrogen-bond acceptors (Lipinski definition) is 5. The molecule has 6 nitrogen and oxygen atoms in total. The molecule has 0 unspecified atom stereocenters. The Morgan fingerprint density at radius 2 is 2.10 bits per heavy atom. The number of aromatic carboxylic acids is 1. The third-order valence-corrected chi connectivity index (χ3v) is 3.66. The number of halogens is 3. The highest BCUT2D eigenvalue weighted by atomic mass is 35.5. The Morgan fingerprint density at radius 3 is 2.67 bits per heavy atom. The second kappa shape index (κ2) is 6.34. The molecule has 0 aliphatic rings. The molecule has 0 aromatic carbocycles. The summed E-state index contributed by atoms with van der Waals surface area (Å²) < 4.78 is 0. The van der Waals surface area contributed by atoms with E-state index in [2.05, 4.69) is 20.5 Å². The maximum absolute atomic E-state index is 10.9. The summed E-state index contributed by atoms with van der Waals surface area (Å²) in [6.07, 6.45) is 1.74. The number of aromatic amines is 1. The van der Waals surface area contributed by atoms with Crippen LogP contribution < -0.4 is 10.5 Å². The summed E-state index contributed by atoms with van der Waals surface area (Å²) >= 11 is 17.6. The summed E-state index contributed by atoms with van der Waals surface area (Å²) in [5, 5.41) is 14.5. The van der Waals surface area contributed by atoms with Gasteiger partial charge in [-0.1, -0.05) is 34.8 Å². The van der Waals surface area contributed by atoms with Gasteiger partial charge in [0.15, 0.2) is 5.15 Å². The minimum absolute atomic E-state index is 0.0327. The van der Waals surface area contributed by atoms with Gasteiger partial charge in [0.25, 0.3) is 0 Å². The number of aromatic nitrogens is 2. The van der Waals surface area contributed by atoms with Crippen LogP contribution in [0.15, 0.2) is 23.4 Å². The number of H-pyrrole nitrogens is 1. The maximum Gasteiger partial charge on any atom is 0.150 e. The third kappa shape index (κ3) is 3.29. The molecule has 0 aliphatic heterocycles. The molecule has 0 bridgehead atoms. The molecule has 2 rings (SSSR count). The van der Waals surface area contributed by atoms with Gasteiger partial charge in [-0.25, -0.2) is 4.98 Å². The van der Waals surface area contributed by atoms with E-state index in [1.54, 1.807) is 13.1 Å². The Kier molecular flexibility index (Phi) is 4.72.